The number of nitrogens with one attached hydrogen (secondary N) is 2. The maximum absolute atomic E-state index is 5.28. The molecular weight excluding hydrogens is 208 g/mol. The third kappa shape index (κ3) is 3.09. The minimum Gasteiger partial charge on any atom is -0.496 e. The molecule has 0 saturated heterocycles. The standard InChI is InChI=1S/C11H16N2OS/c1-8(13-11(15)12-2)9-6-4-5-7-10(9)14-3/h4-8H,1-3H3,(H2,12,13,15)/t8-/m1/s1. The quantitative estimate of drug-likeness (QED) is 0.768. The summed E-state index contributed by atoms with van der Waals surface area (Å²) in [4.78, 5) is 0. The SMILES string of the molecule is CNC(=S)N[C@H](C)c1ccccc1OC. The lowest BCUT2D eigenvalue weighted by Gasteiger charge is -2.18. The van der Waals surface area contributed by atoms with E-state index in [1.807, 2.05) is 31.2 Å². The Balaban J connectivity index is 2.80. The molecule has 3 nitrogen and oxygen atoms in total. The molecule has 0 aliphatic heterocycles. The van der Waals surface area contributed by atoms with Gasteiger partial charge in [-0.1, -0.05) is 18.2 Å². The van der Waals surface area contributed by atoms with Crippen molar-refractivity contribution in [3.8, 4) is 5.75 Å². The van der Waals surface area contributed by atoms with E-state index in [1.165, 1.54) is 0 Å². The number of ether oxygens (including phenoxy) is 1. The molecule has 0 radical (unpaired) electrons. The van der Waals surface area contributed by atoms with Gasteiger partial charge in [-0.3, -0.25) is 0 Å². The van der Waals surface area contributed by atoms with Gasteiger partial charge in [0, 0.05) is 12.6 Å². The summed E-state index contributed by atoms with van der Waals surface area (Å²) in [5, 5.41) is 6.68. The van der Waals surface area contributed by atoms with Gasteiger partial charge in [0.25, 0.3) is 0 Å². The van der Waals surface area contributed by atoms with Gasteiger partial charge in [-0.15, -0.1) is 0 Å². The van der Waals surface area contributed by atoms with Crippen molar-refractivity contribution in [2.24, 2.45) is 0 Å². The topological polar surface area (TPSA) is 33.3 Å². The largest absolute Gasteiger partial charge is 0.496 e. The summed E-state index contributed by atoms with van der Waals surface area (Å²) in [6, 6.07) is 8.02. The molecule has 1 rings (SSSR count). The zero-order valence-electron chi connectivity index (χ0n) is 9.20. The summed E-state index contributed by atoms with van der Waals surface area (Å²) in [6.07, 6.45) is 0. The van der Waals surface area contributed by atoms with Crippen LogP contribution in [-0.4, -0.2) is 19.3 Å². The van der Waals surface area contributed by atoms with E-state index >= 15 is 0 Å². The first-order valence-electron chi connectivity index (χ1n) is 4.80. The smallest absolute Gasteiger partial charge is 0.166 e. The molecule has 0 aliphatic rings. The molecule has 0 bridgehead atoms. The van der Waals surface area contributed by atoms with Gasteiger partial charge in [-0.2, -0.15) is 0 Å². The Bertz CT molecular complexity index is 341. The molecule has 15 heavy (non-hydrogen) atoms. The molecule has 1 aromatic carbocycles. The number of methoxy groups -OCH3 is 1. The van der Waals surface area contributed by atoms with Crippen LogP contribution >= 0.6 is 12.2 Å². The Kier molecular flexibility index (Phi) is 4.37. The Hall–Kier alpha value is -1.29. The first-order chi connectivity index (χ1) is 7.19. The molecule has 0 heterocycles. The van der Waals surface area contributed by atoms with Crippen molar-refractivity contribution in [2.75, 3.05) is 14.2 Å². The van der Waals surface area contributed by atoms with Crippen molar-refractivity contribution < 1.29 is 4.74 Å². The van der Waals surface area contributed by atoms with Crippen molar-refractivity contribution in [1.82, 2.24) is 10.6 Å². The summed E-state index contributed by atoms with van der Waals surface area (Å²) in [5.41, 5.74) is 1.10. The maximum Gasteiger partial charge on any atom is 0.166 e. The van der Waals surface area contributed by atoms with Crippen LogP contribution in [0.15, 0.2) is 24.3 Å². The highest BCUT2D eigenvalue weighted by Crippen LogP contribution is 2.23. The van der Waals surface area contributed by atoms with Crippen molar-refractivity contribution in [1.29, 1.82) is 0 Å². The van der Waals surface area contributed by atoms with E-state index in [9.17, 15) is 0 Å². The predicted molar refractivity (Wildman–Crippen MR) is 66.2 cm³/mol. The van der Waals surface area contributed by atoms with E-state index in [0.717, 1.165) is 11.3 Å². The number of hydrogen-bond donors (Lipinski definition) is 2. The van der Waals surface area contributed by atoms with Crippen LogP contribution in [0.25, 0.3) is 0 Å². The van der Waals surface area contributed by atoms with Gasteiger partial charge in [0.15, 0.2) is 5.11 Å². The van der Waals surface area contributed by atoms with Crippen LogP contribution in [0.4, 0.5) is 0 Å². The van der Waals surface area contributed by atoms with Crippen LogP contribution in [0.5, 0.6) is 5.75 Å². The number of thiocarbonyl (C=S) groups is 1. The highest BCUT2D eigenvalue weighted by molar-refractivity contribution is 7.80. The van der Waals surface area contributed by atoms with Crippen LogP contribution in [-0.2, 0) is 0 Å². The number of benzene rings is 1. The van der Waals surface area contributed by atoms with Crippen molar-refractivity contribution >= 4 is 17.3 Å². The monoisotopic (exact) mass is 224 g/mol. The summed E-state index contributed by atoms with van der Waals surface area (Å²) >= 11 is 5.05. The third-order valence-corrected chi connectivity index (χ3v) is 2.50. The average molecular weight is 224 g/mol. The summed E-state index contributed by atoms with van der Waals surface area (Å²) in [5.74, 6) is 0.872. The van der Waals surface area contributed by atoms with E-state index in [4.69, 9.17) is 17.0 Å². The lowest BCUT2D eigenvalue weighted by Crippen LogP contribution is -2.34. The first-order valence-corrected chi connectivity index (χ1v) is 5.21. The summed E-state index contributed by atoms with van der Waals surface area (Å²) in [7, 11) is 3.46. The molecule has 0 unspecified atom stereocenters. The van der Waals surface area contributed by atoms with E-state index in [2.05, 4.69) is 10.6 Å². The van der Waals surface area contributed by atoms with Crippen LogP contribution in [0.3, 0.4) is 0 Å². The Morgan fingerprint density at radius 2 is 2.07 bits per heavy atom. The number of para-hydroxylation sites is 1. The molecule has 0 fully saturated rings. The second kappa shape index (κ2) is 5.56. The maximum atomic E-state index is 5.28. The fraction of sp³-hybridized carbons (Fsp3) is 0.364. The van der Waals surface area contributed by atoms with Crippen LogP contribution in [0.2, 0.25) is 0 Å². The van der Waals surface area contributed by atoms with Gasteiger partial charge in [0.1, 0.15) is 5.75 Å². The fourth-order valence-electron chi connectivity index (χ4n) is 1.37. The lowest BCUT2D eigenvalue weighted by molar-refractivity contribution is 0.405. The molecule has 0 saturated carbocycles. The number of rotatable bonds is 3. The minimum atomic E-state index is 0.126. The van der Waals surface area contributed by atoms with Gasteiger partial charge in [0.05, 0.1) is 13.2 Å². The molecule has 4 heteroatoms. The molecule has 0 amide bonds. The molecule has 0 spiro atoms. The molecule has 1 atom stereocenters. The van der Waals surface area contributed by atoms with E-state index < -0.39 is 0 Å². The molecule has 82 valence electrons. The Morgan fingerprint density at radius 3 is 2.67 bits per heavy atom. The average Bonchev–Trinajstić information content (AvgIpc) is 2.28. The van der Waals surface area contributed by atoms with Gasteiger partial charge in [-0.25, -0.2) is 0 Å². The van der Waals surface area contributed by atoms with Gasteiger partial charge in [-0.05, 0) is 25.2 Å². The van der Waals surface area contributed by atoms with Crippen molar-refractivity contribution in [3.63, 3.8) is 0 Å². The van der Waals surface area contributed by atoms with Gasteiger partial charge in [0.2, 0.25) is 0 Å². The van der Waals surface area contributed by atoms with Gasteiger partial charge < -0.3 is 15.4 Å². The zero-order valence-corrected chi connectivity index (χ0v) is 10.0. The second-order valence-corrected chi connectivity index (χ2v) is 3.60. The fourth-order valence-corrected chi connectivity index (χ4v) is 1.55. The molecule has 1 aromatic rings. The summed E-state index contributed by atoms with van der Waals surface area (Å²) < 4.78 is 5.28. The lowest BCUT2D eigenvalue weighted by atomic mass is 10.1. The Labute approximate surface area is 95.8 Å². The first kappa shape index (κ1) is 11.8. The normalized spacial score (nSPS) is 11.7. The highest BCUT2D eigenvalue weighted by atomic mass is 32.1. The highest BCUT2D eigenvalue weighted by Gasteiger charge is 2.10. The van der Waals surface area contributed by atoms with E-state index in [1.54, 1.807) is 14.2 Å². The van der Waals surface area contributed by atoms with Crippen LogP contribution in [0, 0.1) is 0 Å². The molecule has 0 aliphatic carbocycles. The number of hydrogen-bond acceptors (Lipinski definition) is 2. The Morgan fingerprint density at radius 1 is 1.40 bits per heavy atom. The third-order valence-electron chi connectivity index (χ3n) is 2.18. The van der Waals surface area contributed by atoms with Crippen molar-refractivity contribution in [3.05, 3.63) is 29.8 Å². The van der Waals surface area contributed by atoms with Crippen LogP contribution in [0.1, 0.15) is 18.5 Å². The van der Waals surface area contributed by atoms with Crippen molar-refractivity contribution in [2.45, 2.75) is 13.0 Å². The molecule has 2 N–H and O–H groups in total. The van der Waals surface area contributed by atoms with Gasteiger partial charge >= 0.3 is 0 Å². The van der Waals surface area contributed by atoms with E-state index in [-0.39, 0.29) is 6.04 Å². The molecular formula is C11H16N2OS. The minimum absolute atomic E-state index is 0.126. The molecule has 0 aromatic heterocycles. The second-order valence-electron chi connectivity index (χ2n) is 3.19. The zero-order chi connectivity index (χ0) is 11.3. The summed E-state index contributed by atoms with van der Waals surface area (Å²) in [6.45, 7) is 2.04. The van der Waals surface area contributed by atoms with E-state index in [0.29, 0.717) is 5.11 Å². The predicted octanol–water partition coefficient (Wildman–Crippen LogP) is 1.85. The van der Waals surface area contributed by atoms with Crippen LogP contribution < -0.4 is 15.4 Å².